The van der Waals surface area contributed by atoms with Gasteiger partial charge in [-0.25, -0.2) is 19.7 Å². The van der Waals surface area contributed by atoms with Gasteiger partial charge in [-0.15, -0.1) is 0 Å². The molecule has 1 N–H and O–H groups in total. The molecule has 10 nitrogen and oxygen atoms in total. The number of ether oxygens (including phenoxy) is 1. The number of nitriles is 1. The van der Waals surface area contributed by atoms with Crippen LogP contribution in [0.25, 0.3) is 11.3 Å². The number of aromatic nitrogens is 4. The van der Waals surface area contributed by atoms with Gasteiger partial charge in [-0.2, -0.15) is 5.26 Å². The highest BCUT2D eigenvalue weighted by molar-refractivity contribution is 6.74. The summed E-state index contributed by atoms with van der Waals surface area (Å²) in [6, 6.07) is 7.89. The third-order valence-electron chi connectivity index (χ3n) is 7.89. The lowest BCUT2D eigenvalue weighted by Crippen LogP contribution is -2.46. The molecule has 11 heteroatoms. The number of benzene rings is 1. The van der Waals surface area contributed by atoms with E-state index in [1.807, 2.05) is 33.8 Å². The smallest absolute Gasteiger partial charge is 0.414 e. The summed E-state index contributed by atoms with van der Waals surface area (Å²) in [4.78, 5) is 32.7. The Morgan fingerprint density at radius 1 is 1.12 bits per heavy atom. The van der Waals surface area contributed by atoms with Crippen LogP contribution >= 0.6 is 0 Å². The van der Waals surface area contributed by atoms with Crippen molar-refractivity contribution in [3.05, 3.63) is 53.6 Å². The van der Waals surface area contributed by atoms with E-state index in [-0.39, 0.29) is 5.04 Å². The molecule has 4 rings (SSSR count). The molecule has 1 aliphatic rings. The van der Waals surface area contributed by atoms with Crippen LogP contribution in [-0.2, 0) is 14.6 Å². The Labute approximate surface area is 249 Å². The Bertz CT molecular complexity index is 1540. The molecule has 1 atom stereocenters. The number of amides is 1. The third kappa shape index (κ3) is 6.45. The quantitative estimate of drug-likeness (QED) is 0.307. The molecule has 3 heterocycles. The number of nitrogens with zero attached hydrogens (tertiary/aromatic N) is 6. The maximum Gasteiger partial charge on any atom is 0.414 e. The molecule has 0 saturated heterocycles. The number of rotatable bonds is 6. The molecule has 1 aliphatic heterocycles. The molecule has 2 aromatic heterocycles. The van der Waals surface area contributed by atoms with Crippen LogP contribution in [0, 0.1) is 18.3 Å². The Hall–Kier alpha value is -3.88. The van der Waals surface area contributed by atoms with Crippen LogP contribution in [0.3, 0.4) is 0 Å². The fourth-order valence-electron chi connectivity index (χ4n) is 4.50. The number of anilines is 3. The molecule has 1 aromatic carbocycles. The average Bonchev–Trinajstić information content (AvgIpc) is 3.20. The Balaban J connectivity index is 1.80. The summed E-state index contributed by atoms with van der Waals surface area (Å²) in [6.45, 7) is 21.2. The van der Waals surface area contributed by atoms with Gasteiger partial charge in [-0.05, 0) is 69.6 Å². The van der Waals surface area contributed by atoms with Crippen molar-refractivity contribution in [1.29, 1.82) is 5.26 Å². The molecular weight excluding hydrogens is 546 g/mol. The first-order chi connectivity index (χ1) is 19.4. The van der Waals surface area contributed by atoms with E-state index in [1.165, 1.54) is 0 Å². The third-order valence-corrected chi connectivity index (χ3v) is 12.4. The van der Waals surface area contributed by atoms with Gasteiger partial charge < -0.3 is 14.5 Å². The molecule has 0 radical (unpaired) electrons. The van der Waals surface area contributed by atoms with Crippen LogP contribution in [0.1, 0.15) is 65.3 Å². The van der Waals surface area contributed by atoms with E-state index in [4.69, 9.17) is 14.1 Å². The summed E-state index contributed by atoms with van der Waals surface area (Å²) in [7, 11) is -2.12. The molecule has 0 fully saturated rings. The molecule has 0 saturated carbocycles. The predicted octanol–water partition coefficient (Wildman–Crippen LogP) is 6.89. The predicted molar refractivity (Wildman–Crippen MR) is 166 cm³/mol. The molecule has 0 aliphatic carbocycles. The molecule has 1 amide bonds. The maximum absolute atomic E-state index is 13.5. The van der Waals surface area contributed by atoms with Crippen molar-refractivity contribution in [2.24, 2.45) is 0 Å². The first-order valence-corrected chi connectivity index (χ1v) is 17.0. The molecule has 3 aromatic rings. The van der Waals surface area contributed by atoms with E-state index in [9.17, 15) is 10.1 Å². The molecule has 0 bridgehead atoms. The number of carbonyl (C=O) groups excluding carboxylic acids is 1. The number of carbonyl (C=O) groups is 1. The number of aryl methyl sites for hydroxylation is 1. The van der Waals surface area contributed by atoms with Crippen LogP contribution in [0.5, 0.6) is 0 Å². The van der Waals surface area contributed by atoms with E-state index in [1.54, 1.807) is 35.6 Å². The zero-order valence-corrected chi connectivity index (χ0v) is 27.3. The lowest BCUT2D eigenvalue weighted by Gasteiger charge is -2.39. The van der Waals surface area contributed by atoms with Crippen molar-refractivity contribution >= 4 is 31.9 Å². The second-order valence-electron chi connectivity index (χ2n) is 13.6. The summed E-state index contributed by atoms with van der Waals surface area (Å²) in [6.07, 6.45) is 4.39. The first kappa shape index (κ1) is 31.1. The van der Waals surface area contributed by atoms with Gasteiger partial charge >= 0.3 is 6.09 Å². The summed E-state index contributed by atoms with van der Waals surface area (Å²) >= 11 is 0. The molecule has 0 unspecified atom stereocenters. The highest BCUT2D eigenvalue weighted by atomic mass is 28.4. The van der Waals surface area contributed by atoms with Gasteiger partial charge in [0.05, 0.1) is 22.6 Å². The van der Waals surface area contributed by atoms with Crippen LogP contribution in [0.4, 0.5) is 22.2 Å². The van der Waals surface area contributed by atoms with Crippen LogP contribution in [-0.4, -0.2) is 53.1 Å². The zero-order valence-electron chi connectivity index (χ0n) is 26.3. The van der Waals surface area contributed by atoms with Gasteiger partial charge in [0.15, 0.2) is 14.1 Å². The number of hydrogen-bond donors (Lipinski definition) is 1. The lowest BCUT2D eigenvalue weighted by atomic mass is 9.83. The van der Waals surface area contributed by atoms with Crippen molar-refractivity contribution in [2.45, 2.75) is 84.5 Å². The van der Waals surface area contributed by atoms with Gasteiger partial charge in [0.25, 0.3) is 0 Å². The summed E-state index contributed by atoms with van der Waals surface area (Å²) in [5.41, 5.74) is 2.56. The summed E-state index contributed by atoms with van der Waals surface area (Å²) < 4.78 is 12.5. The fourth-order valence-corrected chi connectivity index (χ4v) is 5.61. The number of hydrogen-bond acceptors (Lipinski definition) is 9. The first-order valence-electron chi connectivity index (χ1n) is 14.1. The summed E-state index contributed by atoms with van der Waals surface area (Å²) in [5.74, 6) is 0.916. The van der Waals surface area contributed by atoms with Gasteiger partial charge in [-0.1, -0.05) is 27.7 Å². The maximum atomic E-state index is 13.5. The van der Waals surface area contributed by atoms with Crippen LogP contribution in [0.15, 0.2) is 36.8 Å². The normalized spacial score (nSPS) is 17.0. The second-order valence-corrected chi connectivity index (χ2v) is 18.4. The average molecular weight is 588 g/mol. The topological polar surface area (TPSA) is 126 Å². The van der Waals surface area contributed by atoms with E-state index in [0.29, 0.717) is 41.9 Å². The zero-order chi connectivity index (χ0) is 31.1. The largest absolute Gasteiger partial charge is 0.443 e. The van der Waals surface area contributed by atoms with Crippen molar-refractivity contribution in [3.63, 3.8) is 0 Å². The second kappa shape index (κ2) is 11.1. The van der Waals surface area contributed by atoms with Gasteiger partial charge in [0.1, 0.15) is 11.7 Å². The van der Waals surface area contributed by atoms with Gasteiger partial charge in [-0.3, -0.25) is 9.88 Å². The lowest BCUT2D eigenvalue weighted by molar-refractivity contribution is 0.0575. The molecular formula is C31H41N7O3Si. The Morgan fingerprint density at radius 3 is 2.43 bits per heavy atom. The van der Waals surface area contributed by atoms with Gasteiger partial charge in [0.2, 0.25) is 5.95 Å². The van der Waals surface area contributed by atoms with Crippen molar-refractivity contribution < 1.29 is 14.0 Å². The highest BCUT2D eigenvalue weighted by Crippen LogP contribution is 2.47. The van der Waals surface area contributed by atoms with E-state index in [2.05, 4.69) is 67.1 Å². The monoisotopic (exact) mass is 587 g/mol. The minimum absolute atomic E-state index is 0.0150. The minimum Gasteiger partial charge on any atom is -0.443 e. The minimum atomic E-state index is -2.12. The Kier molecular flexibility index (Phi) is 8.19. The van der Waals surface area contributed by atoms with Crippen LogP contribution < -0.4 is 10.2 Å². The van der Waals surface area contributed by atoms with Crippen molar-refractivity contribution in [3.8, 4) is 17.3 Å². The molecule has 0 spiro atoms. The Morgan fingerprint density at radius 2 is 1.81 bits per heavy atom. The SMILES string of the molecule is Cc1nccnc1Nc1nccc(-c2cc(C#N)c3c(c2)[C@@](C)(CO[Si](C)(C)C(C)(C)C)CN3C(=O)OC(C)(C)C)n1. The van der Waals surface area contributed by atoms with Crippen LogP contribution in [0.2, 0.25) is 18.1 Å². The fraction of sp³-hybridized carbons (Fsp3) is 0.484. The van der Waals surface area contributed by atoms with Crippen molar-refractivity contribution in [2.75, 3.05) is 23.4 Å². The highest BCUT2D eigenvalue weighted by Gasteiger charge is 2.47. The molecule has 42 heavy (non-hydrogen) atoms. The summed E-state index contributed by atoms with van der Waals surface area (Å²) in [5, 5.41) is 13.5. The number of nitrogens with one attached hydrogen (secondary N) is 1. The van der Waals surface area contributed by atoms with Gasteiger partial charge in [0, 0.05) is 42.7 Å². The van der Waals surface area contributed by atoms with E-state index >= 15 is 0 Å². The standard InChI is InChI=1S/C31H41N7O3Si/c1-20-26(34-14-13-33-20)37-27-35-12-11-24(36-27)21-15-22(17-32)25-23(16-21)31(8,19-40-42(9,10)30(5,6)7)18-38(25)28(39)41-29(2,3)4/h11-16H,18-19H2,1-10H3,(H,34,35,36,37)/t31-/m1/s1. The number of fused-ring (bicyclic) bond motifs is 1. The van der Waals surface area contributed by atoms with Crippen molar-refractivity contribution in [1.82, 2.24) is 19.9 Å². The van der Waals surface area contributed by atoms with E-state index < -0.39 is 25.4 Å². The van der Waals surface area contributed by atoms with E-state index in [0.717, 1.165) is 16.8 Å². The molecule has 222 valence electrons.